The quantitative estimate of drug-likeness (QED) is 0.377. The number of nitrogens with one attached hydrogen (secondary N) is 1. The van der Waals surface area contributed by atoms with Crippen molar-refractivity contribution in [2.45, 2.75) is 36.9 Å². The summed E-state index contributed by atoms with van der Waals surface area (Å²) in [5.74, 6) is -1.38. The van der Waals surface area contributed by atoms with Crippen molar-refractivity contribution in [1.29, 1.82) is 0 Å². The SMILES string of the molecule is Cc1ccc(C(Cc2ccccc2)(NS(=O)(=O)c2ccc(N3CCOCC3)nc2)C2C=CC=C(C(F)(F)F)C2C)nc1. The monoisotopic (exact) mass is 598 g/mol. The first-order chi connectivity index (χ1) is 20.0. The van der Waals surface area contributed by atoms with Gasteiger partial charge in [-0.2, -0.15) is 17.9 Å². The fourth-order valence-corrected chi connectivity index (χ4v) is 7.08. The summed E-state index contributed by atoms with van der Waals surface area (Å²) in [6.07, 6.45) is 2.41. The number of ether oxygens (including phenoxy) is 1. The molecule has 2 aromatic heterocycles. The van der Waals surface area contributed by atoms with E-state index in [2.05, 4.69) is 14.7 Å². The first-order valence-electron chi connectivity index (χ1n) is 13.7. The van der Waals surface area contributed by atoms with Crippen molar-refractivity contribution in [3.63, 3.8) is 0 Å². The normalized spacial score (nSPS) is 21.1. The molecule has 3 unspecified atom stereocenters. The summed E-state index contributed by atoms with van der Waals surface area (Å²) in [6, 6.07) is 15.7. The van der Waals surface area contributed by atoms with Crippen LogP contribution in [0, 0.1) is 18.8 Å². The number of hydrogen-bond donors (Lipinski definition) is 1. The van der Waals surface area contributed by atoms with E-state index in [1.54, 1.807) is 30.5 Å². The van der Waals surface area contributed by atoms with E-state index in [9.17, 15) is 21.6 Å². The van der Waals surface area contributed by atoms with Crippen LogP contribution in [-0.2, 0) is 26.7 Å². The topological polar surface area (TPSA) is 84.4 Å². The molecular formula is C31H33F3N4O3S. The van der Waals surface area contributed by atoms with E-state index in [1.165, 1.54) is 25.3 Å². The summed E-state index contributed by atoms with van der Waals surface area (Å²) in [5, 5.41) is 0. The number of hydrogen-bond acceptors (Lipinski definition) is 6. The molecule has 11 heteroatoms. The molecule has 0 bridgehead atoms. The predicted octanol–water partition coefficient (Wildman–Crippen LogP) is 5.35. The molecular weight excluding hydrogens is 565 g/mol. The van der Waals surface area contributed by atoms with Crippen LogP contribution < -0.4 is 9.62 Å². The minimum Gasteiger partial charge on any atom is -0.378 e. The third-order valence-corrected chi connectivity index (χ3v) is 9.39. The Morgan fingerprint density at radius 3 is 2.36 bits per heavy atom. The van der Waals surface area contributed by atoms with Crippen LogP contribution >= 0.6 is 0 Å². The molecule has 222 valence electrons. The number of alkyl halides is 3. The van der Waals surface area contributed by atoms with Crippen molar-refractivity contribution < 1.29 is 26.3 Å². The molecule has 1 N–H and O–H groups in total. The lowest BCUT2D eigenvalue weighted by Gasteiger charge is -2.44. The van der Waals surface area contributed by atoms with Crippen LogP contribution in [0.2, 0.25) is 0 Å². The number of aryl methyl sites for hydroxylation is 1. The van der Waals surface area contributed by atoms with Gasteiger partial charge in [-0.15, -0.1) is 0 Å². The highest BCUT2D eigenvalue weighted by atomic mass is 32.2. The van der Waals surface area contributed by atoms with E-state index in [4.69, 9.17) is 4.74 Å². The van der Waals surface area contributed by atoms with E-state index in [-0.39, 0.29) is 11.3 Å². The highest BCUT2D eigenvalue weighted by Gasteiger charge is 2.51. The smallest absolute Gasteiger partial charge is 0.378 e. The molecule has 1 aliphatic heterocycles. The Hall–Kier alpha value is -3.54. The standard InChI is InChI=1S/C31H33F3N4O3S/c1-22-11-13-28(35-20-22)30(19-24-7-4-3-5-8-24,26-9-6-10-27(23(26)2)31(32,33)34)37-42(39,40)25-12-14-29(36-21-25)38-15-17-41-18-16-38/h3-14,20-21,23,26,37H,15-19H2,1-2H3. The first kappa shape index (κ1) is 29.9. The summed E-state index contributed by atoms with van der Waals surface area (Å²) in [4.78, 5) is 10.9. The highest BCUT2D eigenvalue weighted by molar-refractivity contribution is 7.89. The minimum atomic E-state index is -4.58. The van der Waals surface area contributed by atoms with Crippen LogP contribution in [0.5, 0.6) is 0 Å². The number of nitrogens with zero attached hydrogens (tertiary/aromatic N) is 3. The van der Waals surface area contributed by atoms with Gasteiger partial charge in [0, 0.05) is 37.0 Å². The Morgan fingerprint density at radius 1 is 1.00 bits per heavy atom. The van der Waals surface area contributed by atoms with Crippen LogP contribution in [-0.4, -0.2) is 50.9 Å². The van der Waals surface area contributed by atoms with E-state index in [0.29, 0.717) is 37.8 Å². The predicted molar refractivity (Wildman–Crippen MR) is 154 cm³/mol. The Labute approximate surface area is 244 Å². The molecule has 0 saturated carbocycles. The number of sulfonamides is 1. The summed E-state index contributed by atoms with van der Waals surface area (Å²) in [7, 11) is -4.30. The van der Waals surface area contributed by atoms with Crippen LogP contribution in [0.4, 0.5) is 19.0 Å². The molecule has 1 saturated heterocycles. The number of allylic oxidation sites excluding steroid dienone is 3. The van der Waals surface area contributed by atoms with Gasteiger partial charge in [-0.05, 0) is 48.6 Å². The van der Waals surface area contributed by atoms with Gasteiger partial charge in [0.1, 0.15) is 10.7 Å². The maximum atomic E-state index is 14.2. The molecule has 0 radical (unpaired) electrons. The summed E-state index contributed by atoms with van der Waals surface area (Å²) < 4.78 is 79.0. The van der Waals surface area contributed by atoms with E-state index in [1.807, 2.05) is 42.2 Å². The van der Waals surface area contributed by atoms with Gasteiger partial charge in [0.2, 0.25) is 10.0 Å². The van der Waals surface area contributed by atoms with Crippen molar-refractivity contribution in [2.75, 3.05) is 31.2 Å². The number of rotatable bonds is 8. The van der Waals surface area contributed by atoms with Gasteiger partial charge in [-0.3, -0.25) is 4.98 Å². The van der Waals surface area contributed by atoms with Gasteiger partial charge in [0.05, 0.1) is 24.4 Å². The number of halogens is 3. The zero-order valence-corrected chi connectivity index (χ0v) is 24.2. The van der Waals surface area contributed by atoms with E-state index < -0.39 is 39.1 Å². The highest BCUT2D eigenvalue weighted by Crippen LogP contribution is 2.46. The van der Waals surface area contributed by atoms with Crippen molar-refractivity contribution in [2.24, 2.45) is 11.8 Å². The maximum absolute atomic E-state index is 14.2. The van der Waals surface area contributed by atoms with Gasteiger partial charge < -0.3 is 9.64 Å². The molecule has 3 aromatic rings. The summed E-state index contributed by atoms with van der Waals surface area (Å²) >= 11 is 0. The number of pyridine rings is 2. The zero-order valence-electron chi connectivity index (χ0n) is 23.4. The molecule has 7 nitrogen and oxygen atoms in total. The third-order valence-electron chi connectivity index (χ3n) is 7.90. The van der Waals surface area contributed by atoms with Crippen molar-refractivity contribution >= 4 is 15.8 Å². The van der Waals surface area contributed by atoms with E-state index >= 15 is 0 Å². The molecule has 0 spiro atoms. The Kier molecular flexibility index (Phi) is 8.54. The first-order valence-corrected chi connectivity index (χ1v) is 15.2. The third kappa shape index (κ3) is 6.28. The fraction of sp³-hybridized carbons (Fsp3) is 0.355. The lowest BCUT2D eigenvalue weighted by Crippen LogP contribution is -2.55. The molecule has 1 aliphatic carbocycles. The second kappa shape index (κ2) is 12.0. The van der Waals surface area contributed by atoms with Gasteiger partial charge in [-0.1, -0.05) is 61.5 Å². The van der Waals surface area contributed by atoms with Crippen molar-refractivity contribution in [1.82, 2.24) is 14.7 Å². The fourth-order valence-electron chi connectivity index (χ4n) is 5.73. The molecule has 5 rings (SSSR count). The van der Waals surface area contributed by atoms with Crippen LogP contribution in [0.3, 0.4) is 0 Å². The average Bonchev–Trinajstić information content (AvgIpc) is 2.97. The molecule has 3 heterocycles. The second-order valence-electron chi connectivity index (χ2n) is 10.7. The lowest BCUT2D eigenvalue weighted by molar-refractivity contribution is -0.102. The largest absolute Gasteiger partial charge is 0.412 e. The maximum Gasteiger partial charge on any atom is 0.412 e. The molecule has 1 aromatic carbocycles. The van der Waals surface area contributed by atoms with Gasteiger partial charge >= 0.3 is 6.18 Å². The Bertz CT molecular complexity index is 1540. The summed E-state index contributed by atoms with van der Waals surface area (Å²) in [6.45, 7) is 5.70. The number of anilines is 1. The van der Waals surface area contributed by atoms with Crippen molar-refractivity contribution in [3.8, 4) is 0 Å². The molecule has 1 fully saturated rings. The number of morpholine rings is 1. The Morgan fingerprint density at radius 2 is 1.74 bits per heavy atom. The minimum absolute atomic E-state index is 0.0624. The van der Waals surface area contributed by atoms with E-state index in [0.717, 1.165) is 17.2 Å². The lowest BCUT2D eigenvalue weighted by atomic mass is 9.67. The van der Waals surface area contributed by atoms with Gasteiger partial charge in [-0.25, -0.2) is 13.4 Å². The summed E-state index contributed by atoms with van der Waals surface area (Å²) in [5.41, 5.74) is -0.399. The molecule has 3 atom stereocenters. The Balaban J connectivity index is 1.62. The van der Waals surface area contributed by atoms with Crippen LogP contribution in [0.15, 0.2) is 95.7 Å². The van der Waals surface area contributed by atoms with Crippen LogP contribution in [0.25, 0.3) is 0 Å². The number of aromatic nitrogens is 2. The molecule has 42 heavy (non-hydrogen) atoms. The van der Waals surface area contributed by atoms with Crippen LogP contribution in [0.1, 0.15) is 23.7 Å². The molecule has 2 aliphatic rings. The zero-order chi connectivity index (χ0) is 30.0. The second-order valence-corrected chi connectivity index (χ2v) is 12.4. The molecule has 0 amide bonds. The van der Waals surface area contributed by atoms with Gasteiger partial charge in [0.25, 0.3) is 0 Å². The average molecular weight is 599 g/mol. The van der Waals surface area contributed by atoms with Crippen molar-refractivity contribution in [3.05, 3.63) is 108 Å². The van der Waals surface area contributed by atoms with Gasteiger partial charge in [0.15, 0.2) is 0 Å². The number of benzene rings is 1.